The fourth-order valence-electron chi connectivity index (χ4n) is 2.33. The number of rotatable bonds is 4. The molecule has 0 saturated carbocycles. The van der Waals surface area contributed by atoms with Gasteiger partial charge in [0.15, 0.2) is 0 Å². The van der Waals surface area contributed by atoms with Gasteiger partial charge in [0.2, 0.25) is 0 Å². The van der Waals surface area contributed by atoms with E-state index in [4.69, 9.17) is 5.73 Å². The van der Waals surface area contributed by atoms with E-state index in [1.54, 1.807) is 17.1 Å². The van der Waals surface area contributed by atoms with Gasteiger partial charge >= 0.3 is 0 Å². The van der Waals surface area contributed by atoms with Gasteiger partial charge in [0.1, 0.15) is 5.69 Å². The van der Waals surface area contributed by atoms with Gasteiger partial charge in [-0.25, -0.2) is 4.98 Å². The molecule has 0 radical (unpaired) electrons. The Morgan fingerprint density at radius 1 is 1.42 bits per heavy atom. The van der Waals surface area contributed by atoms with Gasteiger partial charge in [-0.1, -0.05) is 6.92 Å². The molecule has 1 aliphatic rings. The van der Waals surface area contributed by atoms with E-state index in [-0.39, 0.29) is 5.91 Å². The van der Waals surface area contributed by atoms with Crippen molar-refractivity contribution in [3.63, 3.8) is 0 Å². The van der Waals surface area contributed by atoms with E-state index in [1.165, 1.54) is 0 Å². The number of carbonyl (C=O) groups excluding carboxylic acids is 1. The summed E-state index contributed by atoms with van der Waals surface area (Å²) in [6.45, 7) is 7.27. The molecule has 2 N–H and O–H groups in total. The Balaban J connectivity index is 1.84. The topological polar surface area (TPSA) is 67.4 Å². The minimum absolute atomic E-state index is 0.0344. The number of nitrogens with zero attached hydrogens (tertiary/aromatic N) is 4. The molecule has 0 aromatic carbocycles. The van der Waals surface area contributed by atoms with Crippen molar-refractivity contribution in [3.05, 3.63) is 18.2 Å². The maximum absolute atomic E-state index is 12.2. The van der Waals surface area contributed by atoms with Crippen LogP contribution in [0.15, 0.2) is 12.5 Å². The number of piperazine rings is 1. The summed E-state index contributed by atoms with van der Waals surface area (Å²) in [4.78, 5) is 20.6. The standard InChI is InChI=1S/C13H23N5O/c1-11(7-14)8-17-3-5-18(6-4-17)13(19)12-9-16(2)10-15-12/h9-11H,3-8,14H2,1-2H3. The third kappa shape index (κ3) is 3.54. The minimum atomic E-state index is 0.0344. The van der Waals surface area contributed by atoms with Crippen molar-refractivity contribution >= 4 is 5.91 Å². The molecule has 19 heavy (non-hydrogen) atoms. The fraction of sp³-hybridized carbons (Fsp3) is 0.692. The largest absolute Gasteiger partial charge is 0.340 e. The molecule has 0 spiro atoms. The summed E-state index contributed by atoms with van der Waals surface area (Å²) in [6.07, 6.45) is 3.43. The van der Waals surface area contributed by atoms with Crippen LogP contribution in [0.25, 0.3) is 0 Å². The van der Waals surface area contributed by atoms with Crippen molar-refractivity contribution < 1.29 is 4.79 Å². The monoisotopic (exact) mass is 265 g/mol. The molecule has 106 valence electrons. The van der Waals surface area contributed by atoms with Gasteiger partial charge < -0.3 is 15.2 Å². The lowest BCUT2D eigenvalue weighted by atomic mass is 10.1. The molecule has 1 saturated heterocycles. The maximum Gasteiger partial charge on any atom is 0.274 e. The second-order valence-electron chi connectivity index (χ2n) is 5.36. The third-order valence-electron chi connectivity index (χ3n) is 3.56. The zero-order valence-corrected chi connectivity index (χ0v) is 11.7. The van der Waals surface area contributed by atoms with Crippen LogP contribution >= 0.6 is 0 Å². The molecular formula is C13H23N5O. The average Bonchev–Trinajstić information content (AvgIpc) is 2.85. The average molecular weight is 265 g/mol. The Morgan fingerprint density at radius 2 is 2.11 bits per heavy atom. The van der Waals surface area contributed by atoms with Crippen molar-refractivity contribution in [3.8, 4) is 0 Å². The van der Waals surface area contributed by atoms with Crippen LogP contribution in [0.5, 0.6) is 0 Å². The highest BCUT2D eigenvalue weighted by molar-refractivity contribution is 5.92. The molecule has 1 amide bonds. The molecule has 2 heterocycles. The van der Waals surface area contributed by atoms with Crippen LogP contribution in [0.2, 0.25) is 0 Å². The van der Waals surface area contributed by atoms with Crippen molar-refractivity contribution in [1.29, 1.82) is 0 Å². The van der Waals surface area contributed by atoms with Crippen molar-refractivity contribution in [2.24, 2.45) is 18.7 Å². The lowest BCUT2D eigenvalue weighted by molar-refractivity contribution is 0.0616. The first-order chi connectivity index (χ1) is 9.10. The zero-order chi connectivity index (χ0) is 13.8. The van der Waals surface area contributed by atoms with Crippen molar-refractivity contribution in [2.45, 2.75) is 6.92 Å². The number of aryl methyl sites for hydroxylation is 1. The van der Waals surface area contributed by atoms with E-state index in [0.29, 0.717) is 18.2 Å². The highest BCUT2D eigenvalue weighted by Gasteiger charge is 2.23. The van der Waals surface area contributed by atoms with Gasteiger partial charge in [-0.2, -0.15) is 0 Å². The summed E-state index contributed by atoms with van der Waals surface area (Å²) in [5.74, 6) is 0.546. The molecule has 1 fully saturated rings. The van der Waals surface area contributed by atoms with E-state index in [1.807, 2.05) is 11.9 Å². The molecular weight excluding hydrogens is 242 g/mol. The number of hydrogen-bond acceptors (Lipinski definition) is 4. The lowest BCUT2D eigenvalue weighted by Crippen LogP contribution is -2.50. The fourth-order valence-corrected chi connectivity index (χ4v) is 2.33. The summed E-state index contributed by atoms with van der Waals surface area (Å²) in [6, 6.07) is 0. The van der Waals surface area contributed by atoms with Crippen LogP contribution in [-0.2, 0) is 7.05 Å². The molecule has 1 atom stereocenters. The normalized spacial score (nSPS) is 18.6. The van der Waals surface area contributed by atoms with E-state index in [2.05, 4.69) is 16.8 Å². The van der Waals surface area contributed by atoms with Gasteiger partial charge in [-0.15, -0.1) is 0 Å². The Hall–Kier alpha value is -1.40. The molecule has 6 nitrogen and oxygen atoms in total. The van der Waals surface area contributed by atoms with Gasteiger partial charge in [-0.05, 0) is 12.5 Å². The van der Waals surface area contributed by atoms with Crippen molar-refractivity contribution in [2.75, 3.05) is 39.3 Å². The highest BCUT2D eigenvalue weighted by Crippen LogP contribution is 2.08. The molecule has 1 aromatic heterocycles. The van der Waals surface area contributed by atoms with Gasteiger partial charge in [0.05, 0.1) is 6.33 Å². The van der Waals surface area contributed by atoms with E-state index in [0.717, 1.165) is 32.7 Å². The van der Waals surface area contributed by atoms with Crippen LogP contribution in [-0.4, -0.2) is 64.5 Å². The number of carbonyl (C=O) groups is 1. The molecule has 1 aliphatic heterocycles. The maximum atomic E-state index is 12.2. The summed E-state index contributed by atoms with van der Waals surface area (Å²) >= 11 is 0. The van der Waals surface area contributed by atoms with Crippen LogP contribution in [0.4, 0.5) is 0 Å². The van der Waals surface area contributed by atoms with Crippen LogP contribution < -0.4 is 5.73 Å². The smallest absolute Gasteiger partial charge is 0.274 e. The van der Waals surface area contributed by atoms with E-state index in [9.17, 15) is 4.79 Å². The lowest BCUT2D eigenvalue weighted by Gasteiger charge is -2.35. The second kappa shape index (κ2) is 6.16. The van der Waals surface area contributed by atoms with Crippen LogP contribution in [0.1, 0.15) is 17.4 Å². The number of amides is 1. The molecule has 0 aliphatic carbocycles. The van der Waals surface area contributed by atoms with Gasteiger partial charge in [-0.3, -0.25) is 9.69 Å². The summed E-state index contributed by atoms with van der Waals surface area (Å²) < 4.78 is 1.80. The molecule has 1 aromatic rings. The SMILES string of the molecule is CC(CN)CN1CCN(C(=O)c2cn(C)cn2)CC1. The Morgan fingerprint density at radius 3 is 2.63 bits per heavy atom. The predicted molar refractivity (Wildman–Crippen MR) is 73.8 cm³/mol. The number of hydrogen-bond donors (Lipinski definition) is 1. The molecule has 2 rings (SSSR count). The first-order valence-electron chi connectivity index (χ1n) is 6.80. The summed E-state index contributed by atoms with van der Waals surface area (Å²) in [5, 5.41) is 0. The molecule has 0 bridgehead atoms. The Kier molecular flexibility index (Phi) is 4.55. The highest BCUT2D eigenvalue weighted by atomic mass is 16.2. The molecule has 1 unspecified atom stereocenters. The third-order valence-corrected chi connectivity index (χ3v) is 3.56. The summed E-state index contributed by atoms with van der Waals surface area (Å²) in [7, 11) is 1.87. The Bertz CT molecular complexity index is 422. The van der Waals surface area contributed by atoms with E-state index >= 15 is 0 Å². The first-order valence-corrected chi connectivity index (χ1v) is 6.80. The summed E-state index contributed by atoms with van der Waals surface area (Å²) in [5.41, 5.74) is 6.17. The number of aromatic nitrogens is 2. The quantitative estimate of drug-likeness (QED) is 0.817. The molecule has 6 heteroatoms. The van der Waals surface area contributed by atoms with E-state index < -0.39 is 0 Å². The second-order valence-corrected chi connectivity index (χ2v) is 5.36. The van der Waals surface area contributed by atoms with Crippen LogP contribution in [0, 0.1) is 5.92 Å². The number of nitrogens with two attached hydrogens (primary N) is 1. The van der Waals surface area contributed by atoms with Gasteiger partial charge in [0, 0.05) is 46.0 Å². The Labute approximate surface area is 114 Å². The number of imidazole rings is 1. The minimum Gasteiger partial charge on any atom is -0.340 e. The zero-order valence-electron chi connectivity index (χ0n) is 11.7. The van der Waals surface area contributed by atoms with Gasteiger partial charge in [0.25, 0.3) is 5.91 Å². The first kappa shape index (κ1) is 14.0. The van der Waals surface area contributed by atoms with Crippen LogP contribution in [0.3, 0.4) is 0 Å². The van der Waals surface area contributed by atoms with Crippen molar-refractivity contribution in [1.82, 2.24) is 19.4 Å². The predicted octanol–water partition coefficient (Wildman–Crippen LogP) is -0.227.